The molecular formula is C14H23N3. The maximum atomic E-state index is 6.06. The lowest BCUT2D eigenvalue weighted by Gasteiger charge is -2.25. The summed E-state index contributed by atoms with van der Waals surface area (Å²) >= 11 is 0. The molecule has 17 heavy (non-hydrogen) atoms. The molecule has 0 radical (unpaired) electrons. The number of pyridine rings is 1. The summed E-state index contributed by atoms with van der Waals surface area (Å²) in [6, 6.07) is 5.15. The van der Waals surface area contributed by atoms with E-state index >= 15 is 0 Å². The highest BCUT2D eigenvalue weighted by Gasteiger charge is 2.30. The standard InChI is InChI=1S/C14H23N3/c1-3-12(15)10-11-6-5-9-16-14(11)17(4-2)13-7-8-13/h5-6,9,12-13H,3-4,7-8,10,15H2,1-2H3. The molecule has 0 aliphatic heterocycles. The van der Waals surface area contributed by atoms with Crippen LogP contribution in [0.4, 0.5) is 5.82 Å². The Morgan fingerprint density at radius 2 is 2.24 bits per heavy atom. The second-order valence-electron chi connectivity index (χ2n) is 4.88. The van der Waals surface area contributed by atoms with E-state index in [1.165, 1.54) is 18.4 Å². The molecule has 1 fully saturated rings. The first-order valence-electron chi connectivity index (χ1n) is 6.72. The highest BCUT2D eigenvalue weighted by Crippen LogP contribution is 2.32. The van der Waals surface area contributed by atoms with Crippen LogP contribution in [0.25, 0.3) is 0 Å². The van der Waals surface area contributed by atoms with Crippen molar-refractivity contribution in [3.05, 3.63) is 23.9 Å². The highest BCUT2D eigenvalue weighted by molar-refractivity contribution is 5.49. The molecule has 2 N–H and O–H groups in total. The Morgan fingerprint density at radius 3 is 2.82 bits per heavy atom. The van der Waals surface area contributed by atoms with Crippen LogP contribution in [-0.2, 0) is 6.42 Å². The smallest absolute Gasteiger partial charge is 0.131 e. The Balaban J connectivity index is 2.19. The summed E-state index contributed by atoms with van der Waals surface area (Å²) in [7, 11) is 0. The van der Waals surface area contributed by atoms with Crippen molar-refractivity contribution >= 4 is 5.82 Å². The summed E-state index contributed by atoms with van der Waals surface area (Å²) < 4.78 is 0. The molecule has 0 saturated heterocycles. The molecule has 0 spiro atoms. The predicted octanol–water partition coefficient (Wildman–Crippen LogP) is 2.35. The molecule has 1 aromatic rings. The Bertz CT molecular complexity index is 360. The van der Waals surface area contributed by atoms with Gasteiger partial charge in [-0.25, -0.2) is 4.98 Å². The van der Waals surface area contributed by atoms with Crippen LogP contribution in [0.1, 0.15) is 38.7 Å². The second kappa shape index (κ2) is 5.50. The largest absolute Gasteiger partial charge is 0.354 e. The minimum Gasteiger partial charge on any atom is -0.354 e. The van der Waals surface area contributed by atoms with E-state index in [2.05, 4.69) is 29.8 Å². The first-order valence-corrected chi connectivity index (χ1v) is 6.72. The molecule has 1 saturated carbocycles. The van der Waals surface area contributed by atoms with Gasteiger partial charge < -0.3 is 10.6 Å². The quantitative estimate of drug-likeness (QED) is 0.820. The summed E-state index contributed by atoms with van der Waals surface area (Å²) in [5.74, 6) is 1.15. The minimum atomic E-state index is 0.246. The molecule has 1 atom stereocenters. The van der Waals surface area contributed by atoms with Gasteiger partial charge in [-0.15, -0.1) is 0 Å². The van der Waals surface area contributed by atoms with Crippen molar-refractivity contribution in [2.24, 2.45) is 5.73 Å². The van der Waals surface area contributed by atoms with Gasteiger partial charge in [-0.05, 0) is 44.2 Å². The van der Waals surface area contributed by atoms with Crippen LogP contribution in [0.5, 0.6) is 0 Å². The molecule has 2 rings (SSSR count). The number of nitrogens with two attached hydrogens (primary N) is 1. The van der Waals surface area contributed by atoms with Crippen LogP contribution in [0.2, 0.25) is 0 Å². The zero-order chi connectivity index (χ0) is 12.3. The van der Waals surface area contributed by atoms with E-state index in [0.717, 1.165) is 25.2 Å². The number of aromatic nitrogens is 1. The first kappa shape index (κ1) is 12.4. The fourth-order valence-corrected chi connectivity index (χ4v) is 2.24. The summed E-state index contributed by atoms with van der Waals surface area (Å²) in [5.41, 5.74) is 7.36. The molecule has 0 bridgehead atoms. The van der Waals surface area contributed by atoms with Gasteiger partial charge in [-0.1, -0.05) is 13.0 Å². The van der Waals surface area contributed by atoms with Crippen LogP contribution in [0, 0.1) is 0 Å². The van der Waals surface area contributed by atoms with Crippen LogP contribution >= 0.6 is 0 Å². The van der Waals surface area contributed by atoms with Crippen LogP contribution < -0.4 is 10.6 Å². The molecule has 1 aliphatic rings. The predicted molar refractivity (Wildman–Crippen MR) is 72.2 cm³/mol. The molecule has 1 heterocycles. The van der Waals surface area contributed by atoms with E-state index in [1.807, 2.05) is 12.3 Å². The van der Waals surface area contributed by atoms with E-state index in [9.17, 15) is 0 Å². The lowest BCUT2D eigenvalue weighted by atomic mass is 10.1. The maximum Gasteiger partial charge on any atom is 0.131 e. The van der Waals surface area contributed by atoms with Crippen molar-refractivity contribution in [1.82, 2.24) is 4.98 Å². The van der Waals surface area contributed by atoms with Crippen molar-refractivity contribution in [3.63, 3.8) is 0 Å². The SMILES string of the molecule is CCC(N)Cc1cccnc1N(CC)C1CC1. The zero-order valence-corrected chi connectivity index (χ0v) is 10.9. The topological polar surface area (TPSA) is 42.1 Å². The van der Waals surface area contributed by atoms with Gasteiger partial charge in [0.2, 0.25) is 0 Å². The summed E-state index contributed by atoms with van der Waals surface area (Å²) in [5, 5.41) is 0. The molecule has 0 aromatic carbocycles. The summed E-state index contributed by atoms with van der Waals surface area (Å²) in [6.07, 6.45) is 6.46. The lowest BCUT2D eigenvalue weighted by molar-refractivity contribution is 0.642. The third kappa shape index (κ3) is 2.97. The third-order valence-electron chi connectivity index (χ3n) is 3.47. The van der Waals surface area contributed by atoms with Crippen molar-refractivity contribution in [2.75, 3.05) is 11.4 Å². The Morgan fingerprint density at radius 1 is 1.47 bits per heavy atom. The average Bonchev–Trinajstić information content (AvgIpc) is 3.16. The highest BCUT2D eigenvalue weighted by atomic mass is 15.2. The van der Waals surface area contributed by atoms with Gasteiger partial charge in [0, 0.05) is 24.8 Å². The maximum absolute atomic E-state index is 6.06. The van der Waals surface area contributed by atoms with Gasteiger partial charge in [0.15, 0.2) is 0 Å². The molecule has 3 heteroatoms. The van der Waals surface area contributed by atoms with Crippen molar-refractivity contribution in [3.8, 4) is 0 Å². The Kier molecular flexibility index (Phi) is 4.00. The molecular weight excluding hydrogens is 210 g/mol. The fourth-order valence-electron chi connectivity index (χ4n) is 2.24. The van der Waals surface area contributed by atoms with E-state index in [1.54, 1.807) is 0 Å². The van der Waals surface area contributed by atoms with Gasteiger partial charge in [-0.2, -0.15) is 0 Å². The third-order valence-corrected chi connectivity index (χ3v) is 3.47. The van der Waals surface area contributed by atoms with Gasteiger partial charge in [-0.3, -0.25) is 0 Å². The monoisotopic (exact) mass is 233 g/mol. The van der Waals surface area contributed by atoms with E-state index in [-0.39, 0.29) is 6.04 Å². The van der Waals surface area contributed by atoms with Crippen molar-refractivity contribution < 1.29 is 0 Å². The lowest BCUT2D eigenvalue weighted by Crippen LogP contribution is -2.29. The molecule has 1 aliphatic carbocycles. The molecule has 3 nitrogen and oxygen atoms in total. The van der Waals surface area contributed by atoms with Gasteiger partial charge in [0.25, 0.3) is 0 Å². The Hall–Kier alpha value is -1.09. The zero-order valence-electron chi connectivity index (χ0n) is 10.9. The fraction of sp³-hybridized carbons (Fsp3) is 0.643. The van der Waals surface area contributed by atoms with Gasteiger partial charge in [0.05, 0.1) is 0 Å². The second-order valence-corrected chi connectivity index (χ2v) is 4.88. The van der Waals surface area contributed by atoms with Crippen LogP contribution in [0.15, 0.2) is 18.3 Å². The summed E-state index contributed by atoms with van der Waals surface area (Å²) in [4.78, 5) is 7.00. The van der Waals surface area contributed by atoms with Gasteiger partial charge >= 0.3 is 0 Å². The molecule has 94 valence electrons. The number of nitrogens with zero attached hydrogens (tertiary/aromatic N) is 2. The van der Waals surface area contributed by atoms with Crippen LogP contribution in [0.3, 0.4) is 0 Å². The number of hydrogen-bond donors (Lipinski definition) is 1. The van der Waals surface area contributed by atoms with E-state index < -0.39 is 0 Å². The van der Waals surface area contributed by atoms with Crippen molar-refractivity contribution in [2.45, 2.75) is 51.6 Å². The number of hydrogen-bond acceptors (Lipinski definition) is 3. The number of anilines is 1. The Labute approximate surface area is 104 Å². The minimum absolute atomic E-state index is 0.246. The molecule has 1 unspecified atom stereocenters. The van der Waals surface area contributed by atoms with Crippen molar-refractivity contribution in [1.29, 1.82) is 0 Å². The molecule has 1 aromatic heterocycles. The average molecular weight is 233 g/mol. The first-order chi connectivity index (χ1) is 8.26. The summed E-state index contributed by atoms with van der Waals surface area (Å²) in [6.45, 7) is 5.38. The normalized spacial score (nSPS) is 16.9. The van der Waals surface area contributed by atoms with E-state index in [0.29, 0.717) is 6.04 Å². The van der Waals surface area contributed by atoms with Crippen LogP contribution in [-0.4, -0.2) is 23.6 Å². The van der Waals surface area contributed by atoms with E-state index in [4.69, 9.17) is 5.73 Å². The number of rotatable bonds is 6. The van der Waals surface area contributed by atoms with Gasteiger partial charge in [0.1, 0.15) is 5.82 Å². The molecule has 0 amide bonds.